The molecule has 0 amide bonds. The summed E-state index contributed by atoms with van der Waals surface area (Å²) in [5, 5.41) is 19.9. The summed E-state index contributed by atoms with van der Waals surface area (Å²) in [6.45, 7) is -0.0801. The van der Waals surface area contributed by atoms with E-state index in [4.69, 9.17) is 9.84 Å². The number of nitro groups is 1. The van der Waals surface area contributed by atoms with Crippen molar-refractivity contribution >= 4 is 37.5 Å². The number of benzene rings is 2. The molecule has 0 bridgehead atoms. The second kappa shape index (κ2) is 6.34. The molecule has 0 radical (unpaired) electrons. The first-order valence-electron chi connectivity index (χ1n) is 5.51. The third-order valence-corrected chi connectivity index (χ3v) is 3.69. The lowest BCUT2D eigenvalue weighted by molar-refractivity contribution is -0.385. The van der Waals surface area contributed by atoms with Crippen LogP contribution in [0, 0.1) is 10.1 Å². The number of non-ortho nitro benzene ring substituents is 1. The fourth-order valence-electron chi connectivity index (χ4n) is 1.57. The first kappa shape index (κ1) is 15.0. The topological polar surface area (TPSA) is 72.6 Å². The predicted octanol–water partition coefficient (Wildman–Crippen LogP) is 4.40. The van der Waals surface area contributed by atoms with Crippen molar-refractivity contribution in [2.45, 2.75) is 6.61 Å². The summed E-state index contributed by atoms with van der Waals surface area (Å²) in [6.07, 6.45) is 0. The van der Waals surface area contributed by atoms with Crippen molar-refractivity contribution in [3.8, 4) is 11.5 Å². The maximum Gasteiger partial charge on any atom is 0.274 e. The molecule has 1 N–H and O–H groups in total. The Labute approximate surface area is 131 Å². The summed E-state index contributed by atoms with van der Waals surface area (Å²) in [5.41, 5.74) is 0.679. The van der Waals surface area contributed by atoms with Gasteiger partial charge in [0.2, 0.25) is 0 Å². The SMILES string of the molecule is O=[N+]([O-])c1cc(Br)cc(Oc2ccc(CO)c(Br)c2)c1. The van der Waals surface area contributed by atoms with E-state index in [0.717, 1.165) is 5.56 Å². The molecule has 2 aromatic carbocycles. The number of nitro benzene ring substituents is 1. The highest BCUT2D eigenvalue weighted by atomic mass is 79.9. The average molecular weight is 403 g/mol. The van der Waals surface area contributed by atoms with E-state index >= 15 is 0 Å². The number of aliphatic hydroxyl groups is 1. The molecule has 0 saturated carbocycles. The van der Waals surface area contributed by atoms with Crippen molar-refractivity contribution in [1.29, 1.82) is 0 Å². The zero-order valence-corrected chi connectivity index (χ0v) is 13.2. The normalized spacial score (nSPS) is 10.3. The Kier molecular flexibility index (Phi) is 4.74. The third-order valence-electron chi connectivity index (χ3n) is 2.50. The van der Waals surface area contributed by atoms with Crippen LogP contribution in [0.25, 0.3) is 0 Å². The Balaban J connectivity index is 2.30. The fraction of sp³-hybridized carbons (Fsp3) is 0.0769. The van der Waals surface area contributed by atoms with Gasteiger partial charge in [-0.2, -0.15) is 0 Å². The van der Waals surface area contributed by atoms with E-state index in [9.17, 15) is 10.1 Å². The number of ether oxygens (including phenoxy) is 1. The minimum atomic E-state index is -0.484. The van der Waals surface area contributed by atoms with Gasteiger partial charge in [-0.25, -0.2) is 0 Å². The number of nitrogens with zero attached hydrogens (tertiary/aromatic N) is 1. The van der Waals surface area contributed by atoms with Gasteiger partial charge in [-0.3, -0.25) is 10.1 Å². The highest BCUT2D eigenvalue weighted by Gasteiger charge is 2.10. The van der Waals surface area contributed by atoms with Crippen LogP contribution in [-0.2, 0) is 6.61 Å². The Hall–Kier alpha value is -1.44. The predicted molar refractivity (Wildman–Crippen MR) is 80.9 cm³/mol. The molecule has 0 aliphatic heterocycles. The molecule has 7 heteroatoms. The lowest BCUT2D eigenvalue weighted by atomic mass is 10.2. The molecule has 0 saturated heterocycles. The highest BCUT2D eigenvalue weighted by Crippen LogP contribution is 2.31. The second-order valence-corrected chi connectivity index (χ2v) is 5.69. The van der Waals surface area contributed by atoms with Crippen LogP contribution in [0.5, 0.6) is 11.5 Å². The van der Waals surface area contributed by atoms with Crippen LogP contribution < -0.4 is 4.74 Å². The van der Waals surface area contributed by atoms with Crippen molar-refractivity contribution in [3.63, 3.8) is 0 Å². The van der Waals surface area contributed by atoms with Crippen molar-refractivity contribution < 1.29 is 14.8 Å². The zero-order valence-electron chi connectivity index (χ0n) is 10.0. The van der Waals surface area contributed by atoms with Gasteiger partial charge in [0.25, 0.3) is 5.69 Å². The summed E-state index contributed by atoms with van der Waals surface area (Å²) >= 11 is 6.52. The molecular weight excluding hydrogens is 394 g/mol. The van der Waals surface area contributed by atoms with E-state index in [-0.39, 0.29) is 12.3 Å². The maximum atomic E-state index is 10.8. The zero-order chi connectivity index (χ0) is 14.7. The minimum Gasteiger partial charge on any atom is -0.457 e. The smallest absolute Gasteiger partial charge is 0.274 e. The van der Waals surface area contributed by atoms with Gasteiger partial charge in [0, 0.05) is 15.0 Å². The Morgan fingerprint density at radius 2 is 1.90 bits per heavy atom. The quantitative estimate of drug-likeness (QED) is 0.607. The summed E-state index contributed by atoms with van der Waals surface area (Å²) in [6, 6.07) is 9.48. The molecule has 0 aromatic heterocycles. The number of hydrogen-bond donors (Lipinski definition) is 1. The van der Waals surface area contributed by atoms with Crippen molar-refractivity contribution in [3.05, 3.63) is 61.0 Å². The molecule has 5 nitrogen and oxygen atoms in total. The van der Waals surface area contributed by atoms with E-state index in [0.29, 0.717) is 20.4 Å². The average Bonchev–Trinajstić information content (AvgIpc) is 2.38. The first-order valence-corrected chi connectivity index (χ1v) is 7.10. The standard InChI is InChI=1S/C13H9Br2NO4/c14-9-3-10(16(18)19)5-12(4-9)20-11-2-1-8(7-17)13(15)6-11/h1-6,17H,7H2. The minimum absolute atomic E-state index is 0.0552. The lowest BCUT2D eigenvalue weighted by Crippen LogP contribution is -1.91. The van der Waals surface area contributed by atoms with Crippen LogP contribution in [-0.4, -0.2) is 10.0 Å². The summed E-state index contributed by atoms with van der Waals surface area (Å²) < 4.78 is 6.86. The van der Waals surface area contributed by atoms with E-state index in [1.165, 1.54) is 12.1 Å². The molecule has 0 spiro atoms. The molecule has 0 unspecified atom stereocenters. The Bertz CT molecular complexity index is 661. The van der Waals surface area contributed by atoms with Crippen LogP contribution in [0.15, 0.2) is 45.3 Å². The van der Waals surface area contributed by atoms with E-state index in [1.54, 1.807) is 24.3 Å². The van der Waals surface area contributed by atoms with E-state index in [2.05, 4.69) is 31.9 Å². The molecule has 104 valence electrons. The molecule has 0 aliphatic carbocycles. The molecule has 2 aromatic rings. The molecule has 0 heterocycles. The molecule has 0 atom stereocenters. The van der Waals surface area contributed by atoms with E-state index < -0.39 is 4.92 Å². The van der Waals surface area contributed by atoms with Crippen LogP contribution in [0.4, 0.5) is 5.69 Å². The van der Waals surface area contributed by atoms with Crippen molar-refractivity contribution in [2.24, 2.45) is 0 Å². The van der Waals surface area contributed by atoms with Gasteiger partial charge in [0.15, 0.2) is 0 Å². The van der Waals surface area contributed by atoms with Gasteiger partial charge >= 0.3 is 0 Å². The van der Waals surface area contributed by atoms with Crippen molar-refractivity contribution in [1.82, 2.24) is 0 Å². The van der Waals surface area contributed by atoms with Gasteiger partial charge in [-0.15, -0.1) is 0 Å². The number of aliphatic hydroxyl groups excluding tert-OH is 1. The molecular formula is C13H9Br2NO4. The van der Waals surface area contributed by atoms with Crippen LogP contribution >= 0.6 is 31.9 Å². The van der Waals surface area contributed by atoms with Crippen molar-refractivity contribution in [2.75, 3.05) is 0 Å². The molecule has 0 aliphatic rings. The Morgan fingerprint density at radius 3 is 2.50 bits per heavy atom. The molecule has 20 heavy (non-hydrogen) atoms. The van der Waals surface area contributed by atoms with Crippen LogP contribution in [0.1, 0.15) is 5.56 Å². The number of rotatable bonds is 4. The summed E-state index contributed by atoms with van der Waals surface area (Å²) in [7, 11) is 0. The number of hydrogen-bond acceptors (Lipinski definition) is 4. The number of halogens is 2. The second-order valence-electron chi connectivity index (χ2n) is 3.92. The van der Waals surface area contributed by atoms with Gasteiger partial charge < -0.3 is 9.84 Å². The lowest BCUT2D eigenvalue weighted by Gasteiger charge is -2.08. The first-order chi connectivity index (χ1) is 9.49. The third kappa shape index (κ3) is 3.56. The molecule has 2 rings (SSSR count). The van der Waals surface area contributed by atoms with Gasteiger partial charge in [-0.1, -0.05) is 37.9 Å². The summed E-state index contributed by atoms with van der Waals surface area (Å²) in [4.78, 5) is 10.3. The van der Waals surface area contributed by atoms with Crippen LogP contribution in [0.2, 0.25) is 0 Å². The van der Waals surface area contributed by atoms with Gasteiger partial charge in [0.05, 0.1) is 17.6 Å². The van der Waals surface area contributed by atoms with Crippen LogP contribution in [0.3, 0.4) is 0 Å². The van der Waals surface area contributed by atoms with Gasteiger partial charge in [0.1, 0.15) is 11.5 Å². The molecule has 0 fully saturated rings. The van der Waals surface area contributed by atoms with E-state index in [1.807, 2.05) is 0 Å². The highest BCUT2D eigenvalue weighted by molar-refractivity contribution is 9.10. The van der Waals surface area contributed by atoms with Gasteiger partial charge in [-0.05, 0) is 23.8 Å². The maximum absolute atomic E-state index is 10.8. The largest absolute Gasteiger partial charge is 0.457 e. The Morgan fingerprint density at radius 1 is 1.15 bits per heavy atom. The fourth-order valence-corrected chi connectivity index (χ4v) is 2.51. The monoisotopic (exact) mass is 401 g/mol. The summed E-state index contributed by atoms with van der Waals surface area (Å²) in [5.74, 6) is 0.871.